The van der Waals surface area contributed by atoms with Crippen molar-refractivity contribution in [1.82, 2.24) is 4.90 Å². The molecular weight excluding hydrogens is 346 g/mol. The van der Waals surface area contributed by atoms with E-state index in [1.54, 1.807) is 0 Å². The Morgan fingerprint density at radius 2 is 1.29 bits per heavy atom. The lowest BCUT2D eigenvalue weighted by Gasteiger charge is -2.41. The van der Waals surface area contributed by atoms with Crippen LogP contribution in [0.1, 0.15) is 22.8 Å². The number of hydrogen-bond acceptors (Lipinski definition) is 3. The first-order chi connectivity index (χ1) is 13.8. The minimum atomic E-state index is -0.425. The van der Waals surface area contributed by atoms with Crippen LogP contribution in [0.3, 0.4) is 0 Å². The van der Waals surface area contributed by atoms with E-state index in [9.17, 15) is 5.11 Å². The SMILES string of the molecule is O[C@H](CN(Cc1ccccc1)Cc1ccccc1)[C@@H]1CO[C@@H]1c1ccccc1. The third-order valence-electron chi connectivity index (χ3n) is 5.42. The van der Waals surface area contributed by atoms with E-state index in [2.05, 4.69) is 65.6 Å². The number of aliphatic hydroxyl groups is 1. The lowest BCUT2D eigenvalue weighted by atomic mass is 9.86. The molecule has 0 amide bonds. The van der Waals surface area contributed by atoms with Gasteiger partial charge in [0.1, 0.15) is 0 Å². The quantitative estimate of drug-likeness (QED) is 0.634. The first kappa shape index (κ1) is 18.9. The van der Waals surface area contributed by atoms with E-state index in [0.29, 0.717) is 13.2 Å². The summed E-state index contributed by atoms with van der Waals surface area (Å²) in [6, 6.07) is 31.1. The smallest absolute Gasteiger partial charge is 0.0900 e. The zero-order valence-electron chi connectivity index (χ0n) is 16.0. The number of benzene rings is 3. The van der Waals surface area contributed by atoms with Crippen molar-refractivity contribution in [2.75, 3.05) is 13.2 Å². The maximum Gasteiger partial charge on any atom is 0.0900 e. The van der Waals surface area contributed by atoms with Gasteiger partial charge in [-0.05, 0) is 16.7 Å². The van der Waals surface area contributed by atoms with E-state index in [-0.39, 0.29) is 12.0 Å². The van der Waals surface area contributed by atoms with Gasteiger partial charge in [0, 0.05) is 25.6 Å². The highest BCUT2D eigenvalue weighted by Gasteiger charge is 2.39. The Morgan fingerprint density at radius 3 is 1.75 bits per heavy atom. The van der Waals surface area contributed by atoms with Gasteiger partial charge in [-0.15, -0.1) is 0 Å². The van der Waals surface area contributed by atoms with Crippen LogP contribution in [0.2, 0.25) is 0 Å². The van der Waals surface area contributed by atoms with E-state index < -0.39 is 6.10 Å². The molecule has 1 fully saturated rings. The minimum absolute atomic E-state index is 0.00787. The maximum atomic E-state index is 11.0. The molecule has 1 N–H and O–H groups in total. The summed E-state index contributed by atoms with van der Waals surface area (Å²) < 4.78 is 5.79. The van der Waals surface area contributed by atoms with Crippen LogP contribution >= 0.6 is 0 Å². The fourth-order valence-electron chi connectivity index (χ4n) is 3.87. The molecule has 0 aliphatic carbocycles. The van der Waals surface area contributed by atoms with Crippen LogP contribution < -0.4 is 0 Å². The summed E-state index contributed by atoms with van der Waals surface area (Å²) >= 11 is 0. The molecule has 3 aromatic carbocycles. The van der Waals surface area contributed by atoms with Crippen molar-refractivity contribution in [2.45, 2.75) is 25.3 Å². The van der Waals surface area contributed by atoms with E-state index in [0.717, 1.165) is 18.7 Å². The van der Waals surface area contributed by atoms with Gasteiger partial charge in [0.2, 0.25) is 0 Å². The Balaban J connectivity index is 1.45. The van der Waals surface area contributed by atoms with Gasteiger partial charge < -0.3 is 9.84 Å². The average Bonchev–Trinajstić information content (AvgIpc) is 2.69. The van der Waals surface area contributed by atoms with E-state index >= 15 is 0 Å². The molecule has 1 aliphatic heterocycles. The normalized spacial score (nSPS) is 19.9. The molecule has 4 rings (SSSR count). The third-order valence-corrected chi connectivity index (χ3v) is 5.42. The van der Waals surface area contributed by atoms with Crippen molar-refractivity contribution < 1.29 is 9.84 Å². The molecule has 3 aromatic rings. The van der Waals surface area contributed by atoms with Crippen LogP contribution in [-0.2, 0) is 17.8 Å². The molecule has 28 heavy (non-hydrogen) atoms. The molecule has 3 atom stereocenters. The van der Waals surface area contributed by atoms with Crippen molar-refractivity contribution in [3.8, 4) is 0 Å². The number of ether oxygens (including phenoxy) is 1. The van der Waals surface area contributed by atoms with Crippen molar-refractivity contribution >= 4 is 0 Å². The average molecular weight is 373 g/mol. The predicted octanol–water partition coefficient (Wildman–Crippen LogP) is 4.44. The predicted molar refractivity (Wildman–Crippen MR) is 112 cm³/mol. The lowest BCUT2D eigenvalue weighted by Crippen LogP contribution is -2.46. The fourth-order valence-corrected chi connectivity index (χ4v) is 3.87. The zero-order chi connectivity index (χ0) is 19.2. The summed E-state index contributed by atoms with van der Waals surface area (Å²) in [5.41, 5.74) is 3.67. The van der Waals surface area contributed by atoms with Crippen LogP contribution in [-0.4, -0.2) is 29.3 Å². The summed E-state index contributed by atoms with van der Waals surface area (Å²) in [4.78, 5) is 2.33. The summed E-state index contributed by atoms with van der Waals surface area (Å²) in [7, 11) is 0. The molecule has 0 radical (unpaired) electrons. The van der Waals surface area contributed by atoms with E-state index in [1.165, 1.54) is 11.1 Å². The van der Waals surface area contributed by atoms with Gasteiger partial charge in [0.05, 0.1) is 18.8 Å². The number of nitrogens with zero attached hydrogens (tertiary/aromatic N) is 1. The summed E-state index contributed by atoms with van der Waals surface area (Å²) in [5.74, 6) is 0.136. The molecule has 0 unspecified atom stereocenters. The molecule has 1 saturated heterocycles. The molecule has 0 spiro atoms. The van der Waals surface area contributed by atoms with Crippen molar-refractivity contribution in [1.29, 1.82) is 0 Å². The first-order valence-electron chi connectivity index (χ1n) is 9.94. The highest BCUT2D eigenvalue weighted by Crippen LogP contribution is 2.37. The van der Waals surface area contributed by atoms with E-state index in [4.69, 9.17) is 4.74 Å². The summed E-state index contributed by atoms with van der Waals surface area (Å²) in [5, 5.41) is 11.0. The van der Waals surface area contributed by atoms with Crippen molar-refractivity contribution in [3.05, 3.63) is 108 Å². The number of hydrogen-bond donors (Lipinski definition) is 1. The second-order valence-corrected chi connectivity index (χ2v) is 7.54. The molecule has 1 heterocycles. The van der Waals surface area contributed by atoms with Gasteiger partial charge in [-0.25, -0.2) is 0 Å². The van der Waals surface area contributed by atoms with Crippen molar-refractivity contribution in [2.24, 2.45) is 5.92 Å². The molecule has 1 aliphatic rings. The van der Waals surface area contributed by atoms with Crippen LogP contribution in [0.25, 0.3) is 0 Å². The summed E-state index contributed by atoms with van der Waals surface area (Å²) in [6.45, 7) is 2.87. The second-order valence-electron chi connectivity index (χ2n) is 7.54. The molecule has 144 valence electrons. The Kier molecular flexibility index (Phi) is 6.17. The second kappa shape index (κ2) is 9.16. The Morgan fingerprint density at radius 1 is 0.786 bits per heavy atom. The third kappa shape index (κ3) is 4.68. The van der Waals surface area contributed by atoms with Crippen LogP contribution in [0.15, 0.2) is 91.0 Å². The van der Waals surface area contributed by atoms with Crippen molar-refractivity contribution in [3.63, 3.8) is 0 Å². The molecule has 0 aromatic heterocycles. The van der Waals surface area contributed by atoms with E-state index in [1.807, 2.05) is 30.3 Å². The highest BCUT2D eigenvalue weighted by molar-refractivity contribution is 5.21. The monoisotopic (exact) mass is 373 g/mol. The summed E-state index contributed by atoms with van der Waals surface area (Å²) in [6.07, 6.45) is -0.433. The Hall–Kier alpha value is -2.46. The maximum absolute atomic E-state index is 11.0. The number of aliphatic hydroxyl groups excluding tert-OH is 1. The molecular formula is C25H27NO2. The van der Waals surface area contributed by atoms with Gasteiger partial charge in [0.25, 0.3) is 0 Å². The topological polar surface area (TPSA) is 32.7 Å². The van der Waals surface area contributed by atoms with Gasteiger partial charge in [-0.3, -0.25) is 4.90 Å². The van der Waals surface area contributed by atoms with Gasteiger partial charge in [-0.1, -0.05) is 91.0 Å². The molecule has 3 heteroatoms. The van der Waals surface area contributed by atoms with Crippen LogP contribution in [0, 0.1) is 5.92 Å². The zero-order valence-corrected chi connectivity index (χ0v) is 16.0. The van der Waals surface area contributed by atoms with Gasteiger partial charge >= 0.3 is 0 Å². The van der Waals surface area contributed by atoms with Crippen LogP contribution in [0.4, 0.5) is 0 Å². The van der Waals surface area contributed by atoms with Crippen LogP contribution in [0.5, 0.6) is 0 Å². The molecule has 0 bridgehead atoms. The Bertz CT molecular complexity index is 797. The molecule has 0 saturated carbocycles. The number of rotatable bonds is 8. The molecule has 3 nitrogen and oxygen atoms in total. The van der Waals surface area contributed by atoms with Gasteiger partial charge in [0.15, 0.2) is 0 Å². The Labute approximate surface area is 167 Å². The standard InChI is InChI=1S/C25H27NO2/c27-24(23-19-28-25(23)22-14-8-3-9-15-22)18-26(16-20-10-4-1-5-11-20)17-21-12-6-2-7-13-21/h1-15,23-25,27H,16-19H2/t23-,24+,25+/m0/s1. The largest absolute Gasteiger partial charge is 0.391 e. The van der Waals surface area contributed by atoms with Gasteiger partial charge in [-0.2, -0.15) is 0 Å². The first-order valence-corrected chi connectivity index (χ1v) is 9.94. The highest BCUT2D eigenvalue weighted by atomic mass is 16.5. The fraction of sp³-hybridized carbons (Fsp3) is 0.280. The minimum Gasteiger partial charge on any atom is -0.391 e. The lowest BCUT2D eigenvalue weighted by molar-refractivity contribution is -0.165.